The molecule has 2 aromatic rings. The number of hydrazone groups is 1. The number of methoxy groups -OCH3 is 1. The molecule has 2 aromatic carbocycles. The highest BCUT2D eigenvalue weighted by Crippen LogP contribution is 2.34. The second-order valence-electron chi connectivity index (χ2n) is 7.34. The van der Waals surface area contributed by atoms with Crippen molar-refractivity contribution in [1.82, 2.24) is 16.1 Å². The molecule has 0 radical (unpaired) electrons. The van der Waals surface area contributed by atoms with E-state index in [1.165, 1.54) is 19.4 Å². The molecule has 1 aliphatic rings. The number of hydrogen-bond acceptors (Lipinski definition) is 8. The summed E-state index contributed by atoms with van der Waals surface area (Å²) in [6, 6.07) is 10.1. The molecule has 0 saturated heterocycles. The van der Waals surface area contributed by atoms with Gasteiger partial charge in [-0.3, -0.25) is 4.79 Å². The minimum Gasteiger partial charge on any atom is -0.507 e. The van der Waals surface area contributed by atoms with Crippen LogP contribution >= 0.6 is 0 Å². The zero-order valence-corrected chi connectivity index (χ0v) is 19.5. The van der Waals surface area contributed by atoms with Crippen molar-refractivity contribution in [3.63, 3.8) is 0 Å². The largest absolute Gasteiger partial charge is 0.507 e. The van der Waals surface area contributed by atoms with Gasteiger partial charge in [0.25, 0.3) is 5.91 Å². The molecule has 0 fully saturated rings. The average molecular weight is 482 g/mol. The van der Waals surface area contributed by atoms with Gasteiger partial charge in [0.05, 0.1) is 31.5 Å². The number of hydrogen-bond donors (Lipinski definition) is 4. The van der Waals surface area contributed by atoms with Crippen molar-refractivity contribution >= 4 is 24.1 Å². The Morgan fingerprint density at radius 3 is 2.69 bits per heavy atom. The highest BCUT2D eigenvalue weighted by Gasteiger charge is 2.32. The van der Waals surface area contributed by atoms with E-state index in [-0.39, 0.29) is 30.3 Å². The maximum atomic E-state index is 12.5. The summed E-state index contributed by atoms with van der Waals surface area (Å²) in [6.07, 6.45) is 1.31. The van der Waals surface area contributed by atoms with Gasteiger partial charge in [-0.25, -0.2) is 15.0 Å². The van der Waals surface area contributed by atoms with Gasteiger partial charge in [-0.15, -0.1) is 0 Å². The molecule has 11 heteroatoms. The average Bonchev–Trinajstić information content (AvgIpc) is 2.83. The van der Waals surface area contributed by atoms with E-state index in [4.69, 9.17) is 14.2 Å². The van der Waals surface area contributed by atoms with E-state index in [0.717, 1.165) is 0 Å². The van der Waals surface area contributed by atoms with Gasteiger partial charge in [0.1, 0.15) is 5.75 Å². The molecule has 3 rings (SSSR count). The Labute approximate surface area is 201 Å². The number of allylic oxidation sites excluding steroid dienone is 1. The van der Waals surface area contributed by atoms with Crippen molar-refractivity contribution in [2.45, 2.75) is 19.9 Å². The quantitative estimate of drug-likeness (QED) is 0.243. The molecule has 0 unspecified atom stereocenters. The SMILES string of the molecule is CCOC(=O)C1=C(C)NC(=O)N[C@H]1c1ccc(OCC(=O)N/N=C\c2ccccc2O)c(OC)c1. The smallest absolute Gasteiger partial charge is 0.338 e. The number of esters is 1. The van der Waals surface area contributed by atoms with Crippen LogP contribution in [-0.4, -0.2) is 49.6 Å². The van der Waals surface area contributed by atoms with Crippen molar-refractivity contribution in [2.75, 3.05) is 20.3 Å². The van der Waals surface area contributed by atoms with Gasteiger partial charge in [-0.2, -0.15) is 5.10 Å². The third-order valence-corrected chi connectivity index (χ3v) is 4.97. The molecule has 1 heterocycles. The molecule has 0 aliphatic carbocycles. The third kappa shape index (κ3) is 6.28. The first kappa shape index (κ1) is 25.1. The first-order valence-electron chi connectivity index (χ1n) is 10.7. The fourth-order valence-electron chi connectivity index (χ4n) is 3.35. The Morgan fingerprint density at radius 2 is 1.97 bits per heavy atom. The summed E-state index contributed by atoms with van der Waals surface area (Å²) in [5, 5.41) is 18.8. The fraction of sp³-hybridized carbons (Fsp3) is 0.250. The van der Waals surface area contributed by atoms with E-state index in [1.54, 1.807) is 50.2 Å². The molecule has 0 saturated carbocycles. The molecule has 11 nitrogen and oxygen atoms in total. The molecule has 0 spiro atoms. The van der Waals surface area contributed by atoms with Crippen LogP contribution in [0.2, 0.25) is 0 Å². The van der Waals surface area contributed by atoms with E-state index in [1.807, 2.05) is 0 Å². The van der Waals surface area contributed by atoms with Gasteiger partial charge in [0.15, 0.2) is 18.1 Å². The number of para-hydroxylation sites is 1. The number of phenolic OH excluding ortho intramolecular Hbond substituents is 1. The fourth-order valence-corrected chi connectivity index (χ4v) is 3.35. The van der Waals surface area contributed by atoms with Crippen LogP contribution < -0.4 is 25.5 Å². The Kier molecular flexibility index (Phi) is 8.28. The van der Waals surface area contributed by atoms with E-state index < -0.39 is 23.9 Å². The standard InChI is InChI=1S/C24H26N4O7/c1-4-34-23(31)21-14(2)26-24(32)27-22(21)15-9-10-18(19(11-15)33-3)35-13-20(30)28-25-12-16-7-5-6-8-17(16)29/h5-12,22,29H,4,13H2,1-3H3,(H,28,30)(H2,26,27,32)/b25-12-/t22-/m0/s1. The summed E-state index contributed by atoms with van der Waals surface area (Å²) in [6.45, 7) is 3.14. The maximum absolute atomic E-state index is 12.5. The van der Waals surface area contributed by atoms with Crippen LogP contribution in [0.5, 0.6) is 17.2 Å². The zero-order valence-electron chi connectivity index (χ0n) is 19.5. The first-order chi connectivity index (χ1) is 16.8. The highest BCUT2D eigenvalue weighted by molar-refractivity contribution is 5.95. The predicted octanol–water partition coefficient (Wildman–Crippen LogP) is 2.12. The van der Waals surface area contributed by atoms with Crippen LogP contribution in [0.4, 0.5) is 4.79 Å². The topological polar surface area (TPSA) is 148 Å². The number of aromatic hydroxyl groups is 1. The number of ether oxygens (including phenoxy) is 3. The van der Waals surface area contributed by atoms with Gasteiger partial charge < -0.3 is 30.0 Å². The van der Waals surface area contributed by atoms with Crippen molar-refractivity contribution in [3.05, 3.63) is 64.9 Å². The van der Waals surface area contributed by atoms with Crippen LogP contribution in [0, 0.1) is 0 Å². The van der Waals surface area contributed by atoms with E-state index in [0.29, 0.717) is 22.6 Å². The summed E-state index contributed by atoms with van der Waals surface area (Å²) in [4.78, 5) is 36.6. The summed E-state index contributed by atoms with van der Waals surface area (Å²) in [5.74, 6) is -0.483. The lowest BCUT2D eigenvalue weighted by molar-refractivity contribution is -0.139. The summed E-state index contributed by atoms with van der Waals surface area (Å²) in [5.41, 5.74) is 3.97. The van der Waals surface area contributed by atoms with Gasteiger partial charge >= 0.3 is 12.0 Å². The molecule has 1 aliphatic heterocycles. The summed E-state index contributed by atoms with van der Waals surface area (Å²) >= 11 is 0. The molecule has 0 bridgehead atoms. The molecule has 35 heavy (non-hydrogen) atoms. The molecule has 3 amide bonds. The van der Waals surface area contributed by atoms with Crippen LogP contribution in [0.1, 0.15) is 31.0 Å². The number of rotatable bonds is 9. The van der Waals surface area contributed by atoms with E-state index in [2.05, 4.69) is 21.2 Å². The second kappa shape index (κ2) is 11.5. The predicted molar refractivity (Wildman–Crippen MR) is 126 cm³/mol. The van der Waals surface area contributed by atoms with Gasteiger partial charge in [-0.05, 0) is 43.7 Å². The number of carbonyl (C=O) groups excluding carboxylic acids is 3. The lowest BCUT2D eigenvalue weighted by Gasteiger charge is -2.28. The van der Waals surface area contributed by atoms with E-state index >= 15 is 0 Å². The summed E-state index contributed by atoms with van der Waals surface area (Å²) < 4.78 is 16.1. The lowest BCUT2D eigenvalue weighted by atomic mass is 9.95. The third-order valence-electron chi connectivity index (χ3n) is 4.97. The normalized spacial score (nSPS) is 15.3. The first-order valence-corrected chi connectivity index (χ1v) is 10.7. The molecule has 0 aromatic heterocycles. The van der Waals surface area contributed by atoms with Crippen LogP contribution in [0.3, 0.4) is 0 Å². The van der Waals surface area contributed by atoms with Crippen LogP contribution in [0.15, 0.2) is 58.8 Å². The minimum atomic E-state index is -0.766. The lowest BCUT2D eigenvalue weighted by Crippen LogP contribution is -2.45. The number of urea groups is 1. The zero-order chi connectivity index (χ0) is 25.4. The van der Waals surface area contributed by atoms with E-state index in [9.17, 15) is 19.5 Å². The Balaban J connectivity index is 1.70. The number of phenols is 1. The molecule has 4 N–H and O–H groups in total. The highest BCUT2D eigenvalue weighted by atomic mass is 16.5. The monoisotopic (exact) mass is 482 g/mol. The summed E-state index contributed by atoms with van der Waals surface area (Å²) in [7, 11) is 1.43. The van der Waals surface area contributed by atoms with Crippen LogP contribution in [0.25, 0.3) is 0 Å². The Bertz CT molecular complexity index is 1180. The number of carbonyl (C=O) groups is 3. The number of amides is 3. The van der Waals surface area contributed by atoms with Gasteiger partial charge in [0.2, 0.25) is 0 Å². The van der Waals surface area contributed by atoms with Crippen molar-refractivity contribution in [1.29, 1.82) is 0 Å². The molecule has 1 atom stereocenters. The number of nitrogens with one attached hydrogen (secondary N) is 3. The molecular weight excluding hydrogens is 456 g/mol. The molecule has 184 valence electrons. The van der Waals surface area contributed by atoms with Gasteiger partial charge in [-0.1, -0.05) is 18.2 Å². The van der Waals surface area contributed by atoms with Crippen molar-refractivity contribution in [2.24, 2.45) is 5.10 Å². The molecular formula is C24H26N4O7. The van der Waals surface area contributed by atoms with Crippen molar-refractivity contribution in [3.8, 4) is 17.2 Å². The second-order valence-corrected chi connectivity index (χ2v) is 7.34. The maximum Gasteiger partial charge on any atom is 0.338 e. The minimum absolute atomic E-state index is 0.0349. The van der Waals surface area contributed by atoms with Crippen LogP contribution in [-0.2, 0) is 14.3 Å². The van der Waals surface area contributed by atoms with Crippen molar-refractivity contribution < 1.29 is 33.7 Å². The Morgan fingerprint density at radius 1 is 1.20 bits per heavy atom. The Hall–Kier alpha value is -4.54. The van der Waals surface area contributed by atoms with Gasteiger partial charge in [0, 0.05) is 11.3 Å². The number of benzene rings is 2. The number of nitrogens with zero attached hydrogens (tertiary/aromatic N) is 1.